The number of anilines is 1. The quantitative estimate of drug-likeness (QED) is 0.174. The van der Waals surface area contributed by atoms with Crippen molar-refractivity contribution in [2.45, 2.75) is 13.1 Å². The fourth-order valence-corrected chi connectivity index (χ4v) is 4.90. The van der Waals surface area contributed by atoms with Crippen molar-refractivity contribution in [1.82, 2.24) is 5.43 Å². The van der Waals surface area contributed by atoms with Gasteiger partial charge in [-0.15, -0.1) is 0 Å². The predicted octanol–water partition coefficient (Wildman–Crippen LogP) is 6.93. The average molecular weight is 476 g/mol. The maximum atomic E-state index is 12.9. The molecule has 0 saturated carbocycles. The van der Waals surface area contributed by atoms with Crippen molar-refractivity contribution in [3.8, 4) is 0 Å². The Labute approximate surface area is 208 Å². The van der Waals surface area contributed by atoms with Crippen LogP contribution in [0.2, 0.25) is 5.02 Å². The molecular weight excluding hydrogens is 454 g/mol. The van der Waals surface area contributed by atoms with Crippen LogP contribution >= 0.6 is 11.6 Å². The van der Waals surface area contributed by atoms with Crippen LogP contribution in [-0.4, -0.2) is 12.1 Å². The highest BCUT2D eigenvalue weighted by molar-refractivity contribution is 6.30. The van der Waals surface area contributed by atoms with Gasteiger partial charge in [0.15, 0.2) is 0 Å². The summed E-state index contributed by atoms with van der Waals surface area (Å²) in [6.45, 7) is 1.56. The largest absolute Gasteiger partial charge is 0.363 e. The molecule has 0 unspecified atom stereocenters. The molecule has 1 aliphatic heterocycles. The average Bonchev–Trinajstić information content (AvgIpc) is 3.32. The van der Waals surface area contributed by atoms with Gasteiger partial charge < -0.3 is 4.90 Å². The molecule has 0 radical (unpaired) electrons. The molecule has 1 heterocycles. The number of nitrogens with one attached hydrogen (secondary N) is 1. The summed E-state index contributed by atoms with van der Waals surface area (Å²) in [6.07, 6.45) is 1.75. The Morgan fingerprint density at radius 3 is 2.17 bits per heavy atom. The third-order valence-electron chi connectivity index (χ3n) is 6.56. The summed E-state index contributed by atoms with van der Waals surface area (Å²) in [7, 11) is 0. The van der Waals surface area contributed by atoms with Crippen molar-refractivity contribution in [1.29, 1.82) is 0 Å². The number of hydrazone groups is 1. The highest BCUT2D eigenvalue weighted by Gasteiger charge is 2.20. The Hall–Kier alpha value is -4.15. The molecule has 5 aromatic carbocycles. The number of benzene rings is 5. The second kappa shape index (κ2) is 8.90. The van der Waals surface area contributed by atoms with E-state index >= 15 is 0 Å². The number of hydrogen-bond acceptors (Lipinski definition) is 3. The number of fused-ring (bicyclic) bond motifs is 3. The van der Waals surface area contributed by atoms with Gasteiger partial charge in [-0.3, -0.25) is 4.79 Å². The van der Waals surface area contributed by atoms with Gasteiger partial charge in [0.1, 0.15) is 0 Å². The summed E-state index contributed by atoms with van der Waals surface area (Å²) in [5.74, 6) is -0.224. The molecule has 1 aliphatic rings. The van der Waals surface area contributed by atoms with Crippen LogP contribution in [0.5, 0.6) is 0 Å². The van der Waals surface area contributed by atoms with Crippen LogP contribution in [-0.2, 0) is 13.1 Å². The molecule has 0 saturated heterocycles. The lowest BCUT2D eigenvalue weighted by molar-refractivity contribution is 0.0955. The van der Waals surface area contributed by atoms with Crippen molar-refractivity contribution >= 4 is 51.0 Å². The lowest BCUT2D eigenvalue weighted by atomic mass is 9.97. The maximum absolute atomic E-state index is 12.9. The Morgan fingerprint density at radius 1 is 0.800 bits per heavy atom. The smallest absolute Gasteiger partial charge is 0.271 e. The molecule has 0 fully saturated rings. The number of carbonyl (C=O) groups excluding carboxylic acids is 1. The minimum absolute atomic E-state index is 0.224. The van der Waals surface area contributed by atoms with E-state index in [9.17, 15) is 4.79 Å². The first-order valence-electron chi connectivity index (χ1n) is 11.5. The van der Waals surface area contributed by atoms with Crippen molar-refractivity contribution in [2.24, 2.45) is 5.10 Å². The maximum Gasteiger partial charge on any atom is 0.271 e. The molecule has 5 aromatic rings. The van der Waals surface area contributed by atoms with E-state index in [-0.39, 0.29) is 5.91 Å². The van der Waals surface area contributed by atoms with E-state index in [2.05, 4.69) is 45.8 Å². The lowest BCUT2D eigenvalue weighted by Crippen LogP contribution is -2.18. The molecule has 0 aliphatic carbocycles. The number of hydrogen-bond donors (Lipinski definition) is 1. The van der Waals surface area contributed by atoms with Crippen LogP contribution in [0.15, 0.2) is 102 Å². The molecule has 0 bridgehead atoms. The molecule has 5 heteroatoms. The molecule has 1 amide bonds. The fraction of sp³-hybridized carbons (Fsp3) is 0.0667. The summed E-state index contributed by atoms with van der Waals surface area (Å²) in [5, 5.41) is 9.54. The van der Waals surface area contributed by atoms with E-state index < -0.39 is 0 Å². The topological polar surface area (TPSA) is 44.7 Å². The SMILES string of the molecule is O=C(N/N=C/c1c2ccccc2cc2ccccc12)c1ccc2c(c1)CN(c1ccc(Cl)cc1)C2. The number of rotatable bonds is 4. The summed E-state index contributed by atoms with van der Waals surface area (Å²) in [6, 6.07) is 32.3. The summed E-state index contributed by atoms with van der Waals surface area (Å²) < 4.78 is 0. The zero-order chi connectivity index (χ0) is 23.8. The van der Waals surface area contributed by atoms with E-state index in [0.717, 1.165) is 56.5 Å². The lowest BCUT2D eigenvalue weighted by Gasteiger charge is -2.17. The van der Waals surface area contributed by atoms with E-state index in [1.165, 1.54) is 5.56 Å². The van der Waals surface area contributed by atoms with Crippen LogP contribution in [0.25, 0.3) is 21.5 Å². The van der Waals surface area contributed by atoms with E-state index in [4.69, 9.17) is 11.6 Å². The Kier molecular flexibility index (Phi) is 5.44. The van der Waals surface area contributed by atoms with E-state index in [1.54, 1.807) is 6.21 Å². The first-order chi connectivity index (χ1) is 17.2. The van der Waals surface area contributed by atoms with Gasteiger partial charge in [0.2, 0.25) is 0 Å². The molecule has 0 spiro atoms. The standard InChI is InChI=1S/C30H22ClN3O/c31-25-11-13-26(14-12-25)34-18-23-10-9-22(16-24(23)19-34)30(35)33-32-17-29-27-7-3-1-5-20(27)15-21-6-2-4-8-28(21)29/h1-17H,18-19H2,(H,33,35)/b32-17+. The van der Waals surface area contributed by atoms with Gasteiger partial charge >= 0.3 is 0 Å². The monoisotopic (exact) mass is 475 g/mol. The Balaban J connectivity index is 1.22. The van der Waals surface area contributed by atoms with Crippen LogP contribution in [0, 0.1) is 0 Å². The van der Waals surface area contributed by atoms with Crippen molar-refractivity contribution in [3.63, 3.8) is 0 Å². The van der Waals surface area contributed by atoms with Crippen LogP contribution in [0.1, 0.15) is 27.0 Å². The second-order valence-electron chi connectivity index (χ2n) is 8.75. The normalized spacial score (nSPS) is 13.0. The molecular formula is C30H22ClN3O. The number of amides is 1. The molecule has 0 aromatic heterocycles. The predicted molar refractivity (Wildman–Crippen MR) is 144 cm³/mol. The molecule has 170 valence electrons. The fourth-order valence-electron chi connectivity index (χ4n) is 4.78. The Morgan fingerprint density at radius 2 is 1.46 bits per heavy atom. The first kappa shape index (κ1) is 21.4. The molecule has 6 rings (SSSR count). The van der Waals surface area contributed by atoms with E-state index in [0.29, 0.717) is 5.56 Å². The van der Waals surface area contributed by atoms with E-state index in [1.807, 2.05) is 66.7 Å². The third-order valence-corrected chi connectivity index (χ3v) is 6.81. The highest BCUT2D eigenvalue weighted by Crippen LogP contribution is 2.30. The van der Waals surface area contributed by atoms with Crippen LogP contribution in [0.3, 0.4) is 0 Å². The minimum Gasteiger partial charge on any atom is -0.363 e. The number of nitrogens with zero attached hydrogens (tertiary/aromatic N) is 2. The number of carbonyl (C=O) groups is 1. The zero-order valence-corrected chi connectivity index (χ0v) is 19.7. The summed E-state index contributed by atoms with van der Waals surface area (Å²) in [5.41, 5.74) is 7.80. The third kappa shape index (κ3) is 4.13. The Bertz CT molecular complexity index is 1550. The summed E-state index contributed by atoms with van der Waals surface area (Å²) in [4.78, 5) is 15.2. The molecule has 0 atom stereocenters. The summed E-state index contributed by atoms with van der Waals surface area (Å²) >= 11 is 6.03. The second-order valence-corrected chi connectivity index (χ2v) is 9.18. The van der Waals surface area contributed by atoms with Crippen molar-refractivity contribution in [3.05, 3.63) is 124 Å². The van der Waals surface area contributed by atoms with Crippen LogP contribution in [0.4, 0.5) is 5.69 Å². The van der Waals surface area contributed by atoms with Crippen LogP contribution < -0.4 is 10.3 Å². The van der Waals surface area contributed by atoms with Crippen molar-refractivity contribution in [2.75, 3.05) is 4.90 Å². The minimum atomic E-state index is -0.224. The van der Waals surface area contributed by atoms with Crippen molar-refractivity contribution < 1.29 is 4.79 Å². The highest BCUT2D eigenvalue weighted by atomic mass is 35.5. The van der Waals surface area contributed by atoms with Gasteiger partial charge in [-0.2, -0.15) is 5.10 Å². The molecule has 35 heavy (non-hydrogen) atoms. The van der Waals surface area contributed by atoms with Gasteiger partial charge in [0.05, 0.1) is 6.21 Å². The van der Waals surface area contributed by atoms with Gasteiger partial charge in [-0.1, -0.05) is 66.2 Å². The zero-order valence-electron chi connectivity index (χ0n) is 18.9. The van der Waals surface area contributed by atoms with Gasteiger partial charge in [0.25, 0.3) is 5.91 Å². The molecule has 1 N–H and O–H groups in total. The van der Waals surface area contributed by atoms with Gasteiger partial charge in [-0.25, -0.2) is 5.43 Å². The molecule has 4 nitrogen and oxygen atoms in total. The van der Waals surface area contributed by atoms with Gasteiger partial charge in [-0.05, 0) is 75.1 Å². The van der Waals surface area contributed by atoms with Gasteiger partial charge in [0, 0.05) is 34.9 Å². The number of halogens is 1. The first-order valence-corrected chi connectivity index (χ1v) is 11.9.